The Hall–Kier alpha value is -0.730. The van der Waals surface area contributed by atoms with Gasteiger partial charge in [0.25, 0.3) is 0 Å². The number of rotatable bonds is 2. The van der Waals surface area contributed by atoms with Crippen LogP contribution in [0.3, 0.4) is 0 Å². The highest BCUT2D eigenvalue weighted by atomic mass is 16.4. The van der Waals surface area contributed by atoms with E-state index in [-0.39, 0.29) is 8.41 Å². The monoisotopic (exact) mass is 161 g/mol. The molecule has 0 fully saturated rings. The highest BCUT2D eigenvalue weighted by Gasteiger charge is 2.13. The molecule has 0 saturated carbocycles. The standard InChI is InChI=1S/C8H11BO2.B/c1-2-7-5-3-4-6-8(7)9(10)11;/h3-6,10-11H,2H2,1H3;. The van der Waals surface area contributed by atoms with Crippen molar-refractivity contribution in [2.75, 3.05) is 0 Å². The molecule has 0 spiro atoms. The number of aryl methyl sites for hydroxylation is 1. The Morgan fingerprint density at radius 1 is 1.25 bits per heavy atom. The lowest BCUT2D eigenvalue weighted by Gasteiger charge is -2.04. The molecule has 1 aromatic carbocycles. The van der Waals surface area contributed by atoms with Crippen LogP contribution in [0.25, 0.3) is 0 Å². The zero-order chi connectivity index (χ0) is 8.27. The van der Waals surface area contributed by atoms with Crippen LogP contribution in [0, 0.1) is 0 Å². The largest absolute Gasteiger partial charge is 0.488 e. The molecule has 0 heterocycles. The summed E-state index contributed by atoms with van der Waals surface area (Å²) in [6.07, 6.45) is 0.827. The van der Waals surface area contributed by atoms with Gasteiger partial charge < -0.3 is 10.0 Å². The first-order valence-electron chi connectivity index (χ1n) is 3.69. The summed E-state index contributed by atoms with van der Waals surface area (Å²) >= 11 is 0. The molecule has 3 radical (unpaired) electrons. The normalized spacial score (nSPS) is 8.92. The summed E-state index contributed by atoms with van der Waals surface area (Å²) in [6.45, 7) is 1.99. The fourth-order valence-electron chi connectivity index (χ4n) is 1.11. The second-order valence-electron chi connectivity index (χ2n) is 2.43. The van der Waals surface area contributed by atoms with Crippen LogP contribution in [0.5, 0.6) is 0 Å². The smallest absolute Gasteiger partial charge is 0.423 e. The Morgan fingerprint density at radius 3 is 2.25 bits per heavy atom. The van der Waals surface area contributed by atoms with Crippen molar-refractivity contribution in [3.05, 3.63) is 29.8 Å². The van der Waals surface area contributed by atoms with E-state index in [1.807, 2.05) is 19.1 Å². The van der Waals surface area contributed by atoms with Crippen LogP contribution in [-0.2, 0) is 6.42 Å². The first kappa shape index (κ1) is 11.3. The summed E-state index contributed by atoms with van der Waals surface area (Å²) < 4.78 is 0. The van der Waals surface area contributed by atoms with Crippen molar-refractivity contribution in [1.82, 2.24) is 0 Å². The summed E-state index contributed by atoms with van der Waals surface area (Å²) in [4.78, 5) is 0. The minimum absolute atomic E-state index is 0. The number of benzene rings is 1. The maximum absolute atomic E-state index is 8.89. The van der Waals surface area contributed by atoms with E-state index in [0.717, 1.165) is 12.0 Å². The molecule has 4 heteroatoms. The SMILES string of the molecule is CCc1ccccc1B(O)O.[B]. The van der Waals surface area contributed by atoms with Crippen molar-refractivity contribution in [3.8, 4) is 0 Å². The van der Waals surface area contributed by atoms with Crippen molar-refractivity contribution in [2.45, 2.75) is 13.3 Å². The van der Waals surface area contributed by atoms with Gasteiger partial charge in [-0.3, -0.25) is 0 Å². The van der Waals surface area contributed by atoms with Crippen LogP contribution < -0.4 is 5.46 Å². The number of hydrogen-bond donors (Lipinski definition) is 2. The molecule has 0 aliphatic carbocycles. The van der Waals surface area contributed by atoms with Crippen LogP contribution in [0.2, 0.25) is 0 Å². The molecule has 0 bridgehead atoms. The van der Waals surface area contributed by atoms with Crippen LogP contribution in [0.4, 0.5) is 0 Å². The van der Waals surface area contributed by atoms with Crippen LogP contribution in [-0.4, -0.2) is 25.6 Å². The van der Waals surface area contributed by atoms with Crippen molar-refractivity contribution in [2.24, 2.45) is 0 Å². The summed E-state index contributed by atoms with van der Waals surface area (Å²) in [5.41, 5.74) is 1.59. The topological polar surface area (TPSA) is 40.5 Å². The molecule has 0 saturated heterocycles. The van der Waals surface area contributed by atoms with Crippen LogP contribution in [0.1, 0.15) is 12.5 Å². The Morgan fingerprint density at radius 2 is 1.83 bits per heavy atom. The van der Waals surface area contributed by atoms with E-state index in [1.54, 1.807) is 12.1 Å². The van der Waals surface area contributed by atoms with Gasteiger partial charge in [-0.1, -0.05) is 31.2 Å². The van der Waals surface area contributed by atoms with Gasteiger partial charge in [0, 0.05) is 8.41 Å². The molecule has 1 aromatic rings. The Kier molecular flexibility index (Phi) is 4.71. The molecular weight excluding hydrogens is 150 g/mol. The predicted molar refractivity (Wildman–Crippen MR) is 51.4 cm³/mol. The Labute approximate surface area is 75.0 Å². The number of hydrogen-bond acceptors (Lipinski definition) is 2. The Balaban J connectivity index is 0.00000121. The van der Waals surface area contributed by atoms with Gasteiger partial charge in [-0.2, -0.15) is 0 Å². The lowest BCUT2D eigenvalue weighted by molar-refractivity contribution is 0.425. The molecule has 0 aliphatic heterocycles. The van der Waals surface area contributed by atoms with E-state index >= 15 is 0 Å². The summed E-state index contributed by atoms with van der Waals surface area (Å²) in [5, 5.41) is 17.8. The zero-order valence-corrected chi connectivity index (χ0v) is 7.07. The van der Waals surface area contributed by atoms with Gasteiger partial charge >= 0.3 is 7.12 Å². The fraction of sp³-hybridized carbons (Fsp3) is 0.250. The van der Waals surface area contributed by atoms with Gasteiger partial charge in [0.1, 0.15) is 0 Å². The first-order chi connectivity index (χ1) is 5.25. The lowest BCUT2D eigenvalue weighted by Crippen LogP contribution is -2.32. The lowest BCUT2D eigenvalue weighted by atomic mass is 9.76. The van der Waals surface area contributed by atoms with Crippen molar-refractivity contribution in [1.29, 1.82) is 0 Å². The molecular formula is C8H11B2O2. The molecule has 0 unspecified atom stereocenters. The van der Waals surface area contributed by atoms with E-state index in [9.17, 15) is 0 Å². The molecule has 0 aliphatic rings. The van der Waals surface area contributed by atoms with Gasteiger partial charge in [-0.25, -0.2) is 0 Å². The third-order valence-electron chi connectivity index (χ3n) is 1.71. The highest BCUT2D eigenvalue weighted by molar-refractivity contribution is 6.59. The van der Waals surface area contributed by atoms with Gasteiger partial charge in [0.05, 0.1) is 0 Å². The third-order valence-corrected chi connectivity index (χ3v) is 1.71. The Bertz CT molecular complexity index is 238. The minimum Gasteiger partial charge on any atom is -0.423 e. The molecule has 61 valence electrons. The van der Waals surface area contributed by atoms with Crippen LogP contribution in [0.15, 0.2) is 24.3 Å². The van der Waals surface area contributed by atoms with E-state index in [1.165, 1.54) is 0 Å². The van der Waals surface area contributed by atoms with E-state index in [2.05, 4.69) is 0 Å². The van der Waals surface area contributed by atoms with Gasteiger partial charge in [0.15, 0.2) is 0 Å². The fourth-order valence-corrected chi connectivity index (χ4v) is 1.11. The zero-order valence-electron chi connectivity index (χ0n) is 7.07. The predicted octanol–water partition coefficient (Wildman–Crippen LogP) is -0.452. The van der Waals surface area contributed by atoms with Gasteiger partial charge in [0.2, 0.25) is 0 Å². The minimum atomic E-state index is -1.34. The second-order valence-corrected chi connectivity index (χ2v) is 2.43. The quantitative estimate of drug-likeness (QED) is 0.576. The van der Waals surface area contributed by atoms with E-state index < -0.39 is 7.12 Å². The average Bonchev–Trinajstić information content (AvgIpc) is 2.04. The maximum atomic E-state index is 8.89. The molecule has 0 aromatic heterocycles. The highest BCUT2D eigenvalue weighted by Crippen LogP contribution is 1.96. The second kappa shape index (κ2) is 5.01. The van der Waals surface area contributed by atoms with E-state index in [4.69, 9.17) is 10.0 Å². The summed E-state index contributed by atoms with van der Waals surface area (Å²) in [7, 11) is -1.34. The van der Waals surface area contributed by atoms with Crippen molar-refractivity contribution in [3.63, 3.8) is 0 Å². The summed E-state index contributed by atoms with van der Waals surface area (Å²) in [5.74, 6) is 0. The first-order valence-corrected chi connectivity index (χ1v) is 3.69. The van der Waals surface area contributed by atoms with Crippen molar-refractivity contribution < 1.29 is 10.0 Å². The molecule has 0 amide bonds. The molecule has 0 atom stereocenters. The molecule has 12 heavy (non-hydrogen) atoms. The van der Waals surface area contributed by atoms with Crippen molar-refractivity contribution >= 4 is 21.0 Å². The third kappa shape index (κ3) is 2.39. The maximum Gasteiger partial charge on any atom is 0.488 e. The van der Waals surface area contributed by atoms with E-state index in [0.29, 0.717) is 5.46 Å². The van der Waals surface area contributed by atoms with Gasteiger partial charge in [-0.15, -0.1) is 0 Å². The molecule has 2 nitrogen and oxygen atoms in total. The van der Waals surface area contributed by atoms with Gasteiger partial charge in [-0.05, 0) is 17.4 Å². The average molecular weight is 161 g/mol. The summed E-state index contributed by atoms with van der Waals surface area (Å²) in [6, 6.07) is 7.32. The molecule has 2 N–H and O–H groups in total. The molecule has 1 rings (SSSR count). The van der Waals surface area contributed by atoms with Crippen LogP contribution >= 0.6 is 0 Å².